The van der Waals surface area contributed by atoms with E-state index >= 15 is 0 Å². The second kappa shape index (κ2) is 28.9. The molecule has 1 aromatic carbocycles. The highest BCUT2D eigenvalue weighted by Crippen LogP contribution is 2.30. The van der Waals surface area contributed by atoms with Crippen molar-refractivity contribution in [3.05, 3.63) is 53.6 Å². The number of nitrogens with zero attached hydrogens (tertiary/aromatic N) is 5. The normalized spacial score (nSPS) is 17.5. The van der Waals surface area contributed by atoms with Gasteiger partial charge in [0.05, 0.1) is 48.4 Å². The van der Waals surface area contributed by atoms with E-state index in [-0.39, 0.29) is 59.7 Å². The number of ether oxygens (including phenoxy) is 2. The van der Waals surface area contributed by atoms with E-state index in [1.165, 1.54) is 20.0 Å². The highest BCUT2D eigenvalue weighted by Gasteiger charge is 2.43. The van der Waals surface area contributed by atoms with Crippen molar-refractivity contribution in [3.8, 4) is 0 Å². The number of aromatic nitrogens is 2. The van der Waals surface area contributed by atoms with Gasteiger partial charge in [-0.05, 0) is 88.7 Å². The maximum Gasteiger partial charge on any atom is 0.289 e. The zero-order valence-electron chi connectivity index (χ0n) is 44.3. The number of anilines is 1. The Kier molecular flexibility index (Phi) is 24.5. The molecule has 1 aromatic heterocycles. The molecular formula is C51H81BrN10O9. The first-order valence-corrected chi connectivity index (χ1v) is 25.9. The van der Waals surface area contributed by atoms with Crippen molar-refractivity contribution in [3.63, 3.8) is 0 Å². The summed E-state index contributed by atoms with van der Waals surface area (Å²) >= 11 is 3.29. The van der Waals surface area contributed by atoms with Crippen LogP contribution in [-0.4, -0.2) is 163 Å². The van der Waals surface area contributed by atoms with Gasteiger partial charge in [0.2, 0.25) is 41.3 Å². The highest BCUT2D eigenvalue weighted by atomic mass is 79.9. The minimum Gasteiger partial charge on any atom is -0.379 e. The second-order valence-electron chi connectivity index (χ2n) is 19.6. The van der Waals surface area contributed by atoms with Crippen LogP contribution < -0.4 is 26.6 Å². The van der Waals surface area contributed by atoms with Gasteiger partial charge in [-0.2, -0.15) is 0 Å². The van der Waals surface area contributed by atoms with Gasteiger partial charge < -0.3 is 45.9 Å². The molecule has 71 heavy (non-hydrogen) atoms. The molecule has 0 bridgehead atoms. The minimum atomic E-state index is -0.971. The summed E-state index contributed by atoms with van der Waals surface area (Å²) in [7, 11) is 8.51. The SMILES string of the molecule is CC[C@H](C)[C@@H]([C@@H](CC(=O)N1CCC[C@H]1[C@H](OC)[C@@H](C)C(=O)NCCc1cccc(NC(=O)[C@H](C)NC(=O)[C@H](C)NC(=O)c2nccc(CBr)n2)c1)OC)N(C)C(=O)[C@@H](NC(=O)[C@H](C(C)C)N(C)C)C(C)C. The van der Waals surface area contributed by atoms with E-state index in [0.717, 1.165) is 12.0 Å². The molecule has 0 spiro atoms. The number of likely N-dealkylation sites (N-methyl/N-ethyl adjacent to an activating group) is 2. The van der Waals surface area contributed by atoms with Gasteiger partial charge in [0.25, 0.3) is 5.91 Å². The Morgan fingerprint density at radius 1 is 0.845 bits per heavy atom. The van der Waals surface area contributed by atoms with Gasteiger partial charge in [0.15, 0.2) is 0 Å². The lowest BCUT2D eigenvalue weighted by Crippen LogP contribution is -2.59. The molecule has 1 aliphatic heterocycles. The predicted octanol–water partition coefficient (Wildman–Crippen LogP) is 3.94. The van der Waals surface area contributed by atoms with Gasteiger partial charge >= 0.3 is 0 Å². The Labute approximate surface area is 429 Å². The van der Waals surface area contributed by atoms with Crippen LogP contribution in [0.25, 0.3) is 0 Å². The standard InChI is InChI=1S/C51H81BrN10O9/c1-15-31(6)43(61(12)51(69)41(29(2)3)59-49(67)42(30(4)5)60(10)11)39(70-13)27-40(63)62-25-17-20-38(62)44(71-14)32(7)46(64)54-23-21-35-18-16-19-36(26-35)58-48(66)34(9)55-47(65)33(8)56-50(68)45-53-24-22-37(28-52)57-45/h16,18-19,22,24,26,29-34,38-39,41-44H,15,17,20-21,23,25,27-28H2,1-14H3,(H,54,64)(H,55,65)(H,56,68)(H,58,66)(H,59,67)/t31-,32+,33-,34-,38-,39+,41-,42-,43-,44+/m0/s1. The molecule has 3 rings (SSSR count). The van der Waals surface area contributed by atoms with Crippen molar-refractivity contribution in [2.24, 2.45) is 23.7 Å². The molecule has 19 nitrogen and oxygen atoms in total. The number of likely N-dealkylation sites (tertiary alicyclic amines) is 1. The summed E-state index contributed by atoms with van der Waals surface area (Å²) in [6.45, 7) is 17.4. The average Bonchev–Trinajstić information content (AvgIpc) is 3.82. The van der Waals surface area contributed by atoms with Crippen LogP contribution in [0.2, 0.25) is 0 Å². The molecule has 0 aliphatic carbocycles. The third kappa shape index (κ3) is 17.0. The lowest BCUT2D eigenvalue weighted by atomic mass is 9.89. The Morgan fingerprint density at radius 2 is 1.52 bits per heavy atom. The van der Waals surface area contributed by atoms with Crippen LogP contribution in [-0.2, 0) is 50.0 Å². The summed E-state index contributed by atoms with van der Waals surface area (Å²) in [5, 5.41) is 14.5. The third-order valence-corrected chi connectivity index (χ3v) is 14.0. The zero-order chi connectivity index (χ0) is 53.3. The molecule has 0 unspecified atom stereocenters. The van der Waals surface area contributed by atoms with Crippen molar-refractivity contribution in [2.45, 2.75) is 148 Å². The number of carbonyl (C=O) groups excluding carboxylic acids is 7. The summed E-state index contributed by atoms with van der Waals surface area (Å²) in [5.41, 5.74) is 1.95. The first-order chi connectivity index (χ1) is 33.5. The first-order valence-electron chi connectivity index (χ1n) is 24.8. The summed E-state index contributed by atoms with van der Waals surface area (Å²) < 4.78 is 12.0. The van der Waals surface area contributed by atoms with Crippen molar-refractivity contribution in [1.82, 2.24) is 45.9 Å². The summed E-state index contributed by atoms with van der Waals surface area (Å²) in [6, 6.07) is 4.85. The number of nitrogens with one attached hydrogen (secondary N) is 5. The Bertz CT molecular complexity index is 2100. The average molecular weight is 1060 g/mol. The number of halogens is 1. The molecule has 5 N–H and O–H groups in total. The van der Waals surface area contributed by atoms with Crippen LogP contribution in [0.5, 0.6) is 0 Å². The Hall–Kier alpha value is -5.05. The largest absolute Gasteiger partial charge is 0.379 e. The molecule has 2 heterocycles. The van der Waals surface area contributed by atoms with Crippen LogP contribution in [0.4, 0.5) is 5.69 Å². The van der Waals surface area contributed by atoms with Gasteiger partial charge in [-0.1, -0.05) is 82.9 Å². The van der Waals surface area contributed by atoms with E-state index in [2.05, 4.69) is 52.5 Å². The number of alkyl halides is 1. The molecule has 2 aromatic rings. The van der Waals surface area contributed by atoms with Crippen molar-refractivity contribution in [1.29, 1.82) is 0 Å². The minimum absolute atomic E-state index is 0.00140. The molecule has 0 radical (unpaired) electrons. The Morgan fingerprint density at radius 3 is 2.11 bits per heavy atom. The number of hydrogen-bond donors (Lipinski definition) is 5. The van der Waals surface area contributed by atoms with Gasteiger partial charge in [-0.3, -0.25) is 38.5 Å². The smallest absolute Gasteiger partial charge is 0.289 e. The molecular weight excluding hydrogens is 977 g/mol. The fourth-order valence-corrected chi connectivity index (χ4v) is 9.58. The van der Waals surface area contributed by atoms with E-state index in [1.807, 2.05) is 66.6 Å². The molecule has 1 saturated heterocycles. The molecule has 1 fully saturated rings. The fraction of sp³-hybridized carbons (Fsp3) is 0.667. The van der Waals surface area contributed by atoms with Crippen LogP contribution in [0.3, 0.4) is 0 Å². The molecule has 20 heteroatoms. The first kappa shape index (κ1) is 60.3. The van der Waals surface area contributed by atoms with Crippen molar-refractivity contribution < 1.29 is 43.0 Å². The number of amides is 7. The molecule has 7 amide bonds. The lowest BCUT2D eigenvalue weighted by molar-refractivity contribution is -0.148. The topological polar surface area (TPSA) is 234 Å². The van der Waals surface area contributed by atoms with E-state index < -0.39 is 66.1 Å². The van der Waals surface area contributed by atoms with Gasteiger partial charge in [-0.25, -0.2) is 9.97 Å². The van der Waals surface area contributed by atoms with Crippen LogP contribution in [0.1, 0.15) is 110 Å². The Balaban J connectivity index is 1.61. The van der Waals surface area contributed by atoms with E-state index in [1.54, 1.807) is 62.3 Å². The fourth-order valence-electron chi connectivity index (χ4n) is 9.27. The number of benzene rings is 1. The maximum absolute atomic E-state index is 14.3. The molecule has 0 saturated carbocycles. The lowest BCUT2D eigenvalue weighted by Gasteiger charge is -2.41. The molecule has 10 atom stereocenters. The van der Waals surface area contributed by atoms with Gasteiger partial charge in [0, 0.05) is 51.6 Å². The second-order valence-corrected chi connectivity index (χ2v) is 20.2. The quantitative estimate of drug-likeness (QED) is 0.0802. The zero-order valence-corrected chi connectivity index (χ0v) is 45.9. The van der Waals surface area contributed by atoms with Crippen molar-refractivity contribution >= 4 is 63.0 Å². The summed E-state index contributed by atoms with van der Waals surface area (Å²) in [5.74, 6) is -3.44. The van der Waals surface area contributed by atoms with Gasteiger partial charge in [-0.15, -0.1) is 0 Å². The van der Waals surface area contributed by atoms with E-state index in [4.69, 9.17) is 9.47 Å². The monoisotopic (exact) mass is 1060 g/mol. The van der Waals surface area contributed by atoms with Crippen LogP contribution >= 0.6 is 15.9 Å². The van der Waals surface area contributed by atoms with E-state index in [0.29, 0.717) is 49.1 Å². The number of rotatable bonds is 27. The highest BCUT2D eigenvalue weighted by molar-refractivity contribution is 9.08. The summed E-state index contributed by atoms with van der Waals surface area (Å²) in [4.78, 5) is 108. The number of methoxy groups -OCH3 is 2. The van der Waals surface area contributed by atoms with Crippen LogP contribution in [0.15, 0.2) is 36.5 Å². The van der Waals surface area contributed by atoms with Gasteiger partial charge in [0.1, 0.15) is 18.1 Å². The molecule has 396 valence electrons. The summed E-state index contributed by atoms with van der Waals surface area (Å²) in [6.07, 6.45) is 2.74. The van der Waals surface area contributed by atoms with Crippen LogP contribution in [0, 0.1) is 23.7 Å². The van der Waals surface area contributed by atoms with Crippen molar-refractivity contribution in [2.75, 3.05) is 53.8 Å². The molecule has 1 aliphatic rings. The predicted molar refractivity (Wildman–Crippen MR) is 276 cm³/mol. The van der Waals surface area contributed by atoms with E-state index in [9.17, 15) is 33.6 Å². The maximum atomic E-state index is 14.3. The third-order valence-electron chi connectivity index (χ3n) is 13.4. The number of carbonyl (C=O) groups is 7. The number of hydrogen-bond acceptors (Lipinski definition) is 12.